The topological polar surface area (TPSA) is 9.23 Å². The Morgan fingerprint density at radius 3 is 2.87 bits per heavy atom. The molecule has 1 unspecified atom stereocenters. The van der Waals surface area contributed by atoms with Crippen LogP contribution in [0.1, 0.15) is 30.9 Å². The zero-order chi connectivity index (χ0) is 10.7. The summed E-state index contributed by atoms with van der Waals surface area (Å²) >= 11 is 0. The van der Waals surface area contributed by atoms with Crippen molar-refractivity contribution in [3.05, 3.63) is 48.0 Å². The van der Waals surface area contributed by atoms with Gasteiger partial charge in [-0.2, -0.15) is 0 Å². The van der Waals surface area contributed by atoms with Gasteiger partial charge in [-0.05, 0) is 30.9 Å². The van der Waals surface area contributed by atoms with Gasteiger partial charge in [0, 0.05) is 6.42 Å². The minimum absolute atomic E-state index is 0.00252. The molecule has 1 aromatic carbocycles. The van der Waals surface area contributed by atoms with E-state index in [9.17, 15) is 0 Å². The first-order chi connectivity index (χ1) is 7.23. The van der Waals surface area contributed by atoms with Crippen LogP contribution in [0.25, 0.3) is 0 Å². The lowest BCUT2D eigenvalue weighted by Crippen LogP contribution is -2.35. The molecule has 0 amide bonds. The van der Waals surface area contributed by atoms with Crippen LogP contribution in [0.15, 0.2) is 36.9 Å². The van der Waals surface area contributed by atoms with Crippen LogP contribution < -0.4 is 0 Å². The van der Waals surface area contributed by atoms with Crippen molar-refractivity contribution < 1.29 is 4.74 Å². The number of allylic oxidation sites excluding steroid dienone is 1. The summed E-state index contributed by atoms with van der Waals surface area (Å²) in [7, 11) is 0. The highest BCUT2D eigenvalue weighted by atomic mass is 16.5. The predicted octanol–water partition coefficient (Wildman–Crippen LogP) is 3.48. The number of fused-ring (bicyclic) bond motifs is 1. The molecule has 1 aliphatic rings. The van der Waals surface area contributed by atoms with E-state index in [4.69, 9.17) is 4.74 Å². The van der Waals surface area contributed by atoms with Crippen LogP contribution in [0.5, 0.6) is 0 Å². The van der Waals surface area contributed by atoms with Crippen molar-refractivity contribution in [2.24, 2.45) is 0 Å². The number of hydrogen-bond donors (Lipinski definition) is 0. The Labute approximate surface area is 91.8 Å². The van der Waals surface area contributed by atoms with E-state index in [0.717, 1.165) is 25.9 Å². The Morgan fingerprint density at radius 2 is 2.13 bits per heavy atom. The maximum atomic E-state index is 5.95. The fourth-order valence-electron chi connectivity index (χ4n) is 2.14. The van der Waals surface area contributed by atoms with Gasteiger partial charge in [0.15, 0.2) is 0 Å². The molecule has 1 aliphatic heterocycles. The van der Waals surface area contributed by atoms with E-state index in [2.05, 4.69) is 37.8 Å². The molecular formula is C14H18O. The summed E-state index contributed by atoms with van der Waals surface area (Å²) in [6.07, 6.45) is 5.08. The molecule has 0 spiro atoms. The normalized spacial score (nSPS) is 24.6. The lowest BCUT2D eigenvalue weighted by Gasteiger charge is -2.35. The van der Waals surface area contributed by atoms with Crippen molar-refractivity contribution in [1.29, 1.82) is 0 Å². The SMILES string of the molecule is C=CCCC1(C)Cc2ccccc2CO1. The van der Waals surface area contributed by atoms with Gasteiger partial charge in [-0.15, -0.1) is 6.58 Å². The maximum Gasteiger partial charge on any atom is 0.0727 e. The molecule has 15 heavy (non-hydrogen) atoms. The van der Waals surface area contributed by atoms with Gasteiger partial charge < -0.3 is 4.74 Å². The van der Waals surface area contributed by atoms with Gasteiger partial charge in [-0.3, -0.25) is 0 Å². The average Bonchev–Trinajstić information content (AvgIpc) is 2.26. The minimum Gasteiger partial charge on any atom is -0.370 e. The van der Waals surface area contributed by atoms with Gasteiger partial charge in [0.1, 0.15) is 0 Å². The molecule has 1 heterocycles. The summed E-state index contributed by atoms with van der Waals surface area (Å²) < 4.78 is 5.95. The third-order valence-electron chi connectivity index (χ3n) is 3.14. The van der Waals surface area contributed by atoms with E-state index < -0.39 is 0 Å². The molecule has 80 valence electrons. The second-order valence-electron chi connectivity index (χ2n) is 4.51. The highest BCUT2D eigenvalue weighted by molar-refractivity contribution is 5.29. The minimum atomic E-state index is 0.00252. The quantitative estimate of drug-likeness (QED) is 0.682. The molecule has 0 N–H and O–H groups in total. The van der Waals surface area contributed by atoms with Crippen LogP contribution in [0.4, 0.5) is 0 Å². The van der Waals surface area contributed by atoms with Gasteiger partial charge >= 0.3 is 0 Å². The fraction of sp³-hybridized carbons (Fsp3) is 0.429. The standard InChI is InChI=1S/C14H18O/c1-3-4-9-14(2)10-12-7-5-6-8-13(12)11-15-14/h3,5-8H,1,4,9-11H2,2H3. The van der Waals surface area contributed by atoms with Gasteiger partial charge in [0.2, 0.25) is 0 Å². The molecule has 0 saturated heterocycles. The molecule has 0 saturated carbocycles. The lowest BCUT2D eigenvalue weighted by atomic mass is 9.87. The predicted molar refractivity (Wildman–Crippen MR) is 62.8 cm³/mol. The molecule has 1 heteroatoms. The third-order valence-corrected chi connectivity index (χ3v) is 3.14. The first kappa shape index (κ1) is 10.4. The Morgan fingerprint density at radius 1 is 1.40 bits per heavy atom. The van der Waals surface area contributed by atoms with Gasteiger partial charge in [-0.25, -0.2) is 0 Å². The molecule has 0 aromatic heterocycles. The fourth-order valence-corrected chi connectivity index (χ4v) is 2.14. The van der Waals surface area contributed by atoms with Crippen molar-refractivity contribution in [1.82, 2.24) is 0 Å². The van der Waals surface area contributed by atoms with E-state index in [0.29, 0.717) is 0 Å². The highest BCUT2D eigenvalue weighted by Crippen LogP contribution is 2.31. The first-order valence-electron chi connectivity index (χ1n) is 5.55. The van der Waals surface area contributed by atoms with E-state index in [1.807, 2.05) is 6.08 Å². The largest absolute Gasteiger partial charge is 0.370 e. The van der Waals surface area contributed by atoms with Crippen LogP contribution in [-0.4, -0.2) is 5.60 Å². The van der Waals surface area contributed by atoms with E-state index in [1.54, 1.807) is 0 Å². The van der Waals surface area contributed by atoms with Crippen LogP contribution in [-0.2, 0) is 17.8 Å². The number of benzene rings is 1. The number of ether oxygens (including phenoxy) is 1. The molecule has 0 bridgehead atoms. The second kappa shape index (κ2) is 4.19. The highest BCUT2D eigenvalue weighted by Gasteiger charge is 2.29. The average molecular weight is 202 g/mol. The molecule has 2 rings (SSSR count). The van der Waals surface area contributed by atoms with Gasteiger partial charge in [-0.1, -0.05) is 30.3 Å². The van der Waals surface area contributed by atoms with Crippen LogP contribution in [0.2, 0.25) is 0 Å². The van der Waals surface area contributed by atoms with Gasteiger partial charge in [0.05, 0.1) is 12.2 Å². The summed E-state index contributed by atoms with van der Waals surface area (Å²) in [6.45, 7) is 6.72. The van der Waals surface area contributed by atoms with Crippen LogP contribution in [0.3, 0.4) is 0 Å². The lowest BCUT2D eigenvalue weighted by molar-refractivity contribution is -0.0588. The van der Waals surface area contributed by atoms with E-state index in [-0.39, 0.29) is 5.60 Å². The molecule has 0 fully saturated rings. The summed E-state index contributed by atoms with van der Waals surface area (Å²) in [5, 5.41) is 0. The summed E-state index contributed by atoms with van der Waals surface area (Å²) in [4.78, 5) is 0. The monoisotopic (exact) mass is 202 g/mol. The zero-order valence-corrected chi connectivity index (χ0v) is 9.33. The Kier molecular flexibility index (Phi) is 2.92. The molecule has 0 aliphatic carbocycles. The Balaban J connectivity index is 2.13. The van der Waals surface area contributed by atoms with Crippen molar-refractivity contribution in [2.45, 2.75) is 38.4 Å². The third kappa shape index (κ3) is 2.29. The molecule has 1 atom stereocenters. The summed E-state index contributed by atoms with van der Waals surface area (Å²) in [5.74, 6) is 0. The molecule has 1 aromatic rings. The first-order valence-corrected chi connectivity index (χ1v) is 5.55. The molecular weight excluding hydrogens is 184 g/mol. The summed E-state index contributed by atoms with van der Waals surface area (Å²) in [5.41, 5.74) is 2.78. The molecule has 1 nitrogen and oxygen atoms in total. The summed E-state index contributed by atoms with van der Waals surface area (Å²) in [6, 6.07) is 8.55. The van der Waals surface area contributed by atoms with Crippen molar-refractivity contribution in [3.63, 3.8) is 0 Å². The van der Waals surface area contributed by atoms with Crippen molar-refractivity contribution in [2.75, 3.05) is 0 Å². The zero-order valence-electron chi connectivity index (χ0n) is 9.33. The van der Waals surface area contributed by atoms with Crippen LogP contribution in [0, 0.1) is 0 Å². The van der Waals surface area contributed by atoms with Crippen molar-refractivity contribution in [3.8, 4) is 0 Å². The smallest absolute Gasteiger partial charge is 0.0727 e. The number of hydrogen-bond acceptors (Lipinski definition) is 1. The van der Waals surface area contributed by atoms with Crippen LogP contribution >= 0.6 is 0 Å². The number of rotatable bonds is 3. The Bertz CT molecular complexity index is 356. The van der Waals surface area contributed by atoms with Gasteiger partial charge in [0.25, 0.3) is 0 Å². The maximum absolute atomic E-state index is 5.95. The van der Waals surface area contributed by atoms with E-state index >= 15 is 0 Å². The molecule has 0 radical (unpaired) electrons. The van der Waals surface area contributed by atoms with E-state index in [1.165, 1.54) is 11.1 Å². The second-order valence-corrected chi connectivity index (χ2v) is 4.51. The van der Waals surface area contributed by atoms with Crippen molar-refractivity contribution >= 4 is 0 Å². The Hall–Kier alpha value is -1.08.